The Balaban J connectivity index is 1.62. The zero-order chi connectivity index (χ0) is 25.2. The number of anilines is 1. The lowest BCUT2D eigenvalue weighted by atomic mass is 10.2. The van der Waals surface area contributed by atoms with Gasteiger partial charge in [0.05, 0.1) is 23.5 Å². The number of aromatic nitrogens is 8. The number of nitrogen functional groups attached to an aromatic ring is 1. The molecule has 0 aliphatic rings. The van der Waals surface area contributed by atoms with Crippen molar-refractivity contribution in [3.8, 4) is 17.5 Å². The van der Waals surface area contributed by atoms with Gasteiger partial charge < -0.3 is 11.1 Å². The van der Waals surface area contributed by atoms with Crippen LogP contribution >= 0.6 is 0 Å². The van der Waals surface area contributed by atoms with Crippen LogP contribution in [0.1, 0.15) is 40.5 Å². The summed E-state index contributed by atoms with van der Waals surface area (Å²) in [5.41, 5.74) is 7.14. The van der Waals surface area contributed by atoms with Crippen molar-refractivity contribution in [2.45, 2.75) is 13.0 Å². The van der Waals surface area contributed by atoms with E-state index < -0.39 is 11.9 Å². The number of aryl methyl sites for hydroxylation is 1. The normalized spacial score (nSPS) is 11.6. The number of benzene rings is 1. The number of carbonyl (C=O) groups is 1. The van der Waals surface area contributed by atoms with Gasteiger partial charge in [-0.1, -0.05) is 24.1 Å². The molecule has 36 heavy (non-hydrogen) atoms. The van der Waals surface area contributed by atoms with E-state index in [1.807, 2.05) is 6.07 Å². The van der Waals surface area contributed by atoms with Crippen LogP contribution in [0.5, 0.6) is 0 Å². The summed E-state index contributed by atoms with van der Waals surface area (Å²) >= 11 is 0. The summed E-state index contributed by atoms with van der Waals surface area (Å²) in [6.07, 6.45) is 6.15. The minimum atomic E-state index is -0.704. The lowest BCUT2D eigenvalue weighted by Gasteiger charge is -2.19. The van der Waals surface area contributed by atoms with Gasteiger partial charge in [0.25, 0.3) is 11.5 Å². The molecule has 12 heteroatoms. The van der Waals surface area contributed by atoms with E-state index >= 15 is 0 Å². The number of aromatic amines is 1. The van der Waals surface area contributed by atoms with Crippen molar-refractivity contribution < 1.29 is 4.79 Å². The van der Waals surface area contributed by atoms with Gasteiger partial charge in [0.2, 0.25) is 0 Å². The molecule has 1 atom stereocenters. The molecule has 178 valence electrons. The molecule has 0 bridgehead atoms. The second-order valence-corrected chi connectivity index (χ2v) is 7.88. The molecule has 12 nitrogen and oxygen atoms in total. The van der Waals surface area contributed by atoms with E-state index in [0.717, 1.165) is 0 Å². The van der Waals surface area contributed by atoms with Crippen LogP contribution in [-0.2, 0) is 7.05 Å². The van der Waals surface area contributed by atoms with Crippen molar-refractivity contribution in [3.63, 3.8) is 0 Å². The van der Waals surface area contributed by atoms with E-state index in [1.165, 1.54) is 17.0 Å². The first kappa shape index (κ1) is 22.5. The average Bonchev–Trinajstić information content (AvgIpc) is 3.49. The topological polar surface area (TPSA) is 162 Å². The maximum Gasteiger partial charge on any atom is 0.274 e. The fourth-order valence-corrected chi connectivity index (χ4v) is 3.67. The minimum Gasteiger partial charge on any atom is -0.382 e. The smallest absolute Gasteiger partial charge is 0.274 e. The first-order valence-corrected chi connectivity index (χ1v) is 10.9. The minimum absolute atomic E-state index is 0.00328. The first-order chi connectivity index (χ1) is 17.4. The Morgan fingerprint density at radius 1 is 1.17 bits per heavy atom. The van der Waals surface area contributed by atoms with E-state index in [-0.39, 0.29) is 39.6 Å². The number of nitrogens with two attached hydrogens (primary N) is 1. The number of nitrogens with one attached hydrogen (secondary N) is 2. The molecular weight excluding hydrogens is 460 g/mol. The summed E-state index contributed by atoms with van der Waals surface area (Å²) in [4.78, 5) is 39.1. The molecule has 0 saturated carbocycles. The zero-order valence-corrected chi connectivity index (χ0v) is 19.3. The number of amides is 1. The molecule has 0 radical (unpaired) electrons. The van der Waals surface area contributed by atoms with Crippen LogP contribution in [0.3, 0.4) is 0 Å². The number of hydrogen-bond donors (Lipinski definition) is 3. The van der Waals surface area contributed by atoms with Crippen LogP contribution in [-0.4, -0.2) is 45.4 Å². The summed E-state index contributed by atoms with van der Waals surface area (Å²) in [6.45, 7) is 1.71. The molecule has 1 unspecified atom stereocenters. The Labute approximate surface area is 204 Å². The fraction of sp³-hybridized carbons (Fsp3) is 0.125. The molecule has 5 rings (SSSR count). The van der Waals surface area contributed by atoms with E-state index in [0.29, 0.717) is 11.3 Å². The number of para-hydroxylation sites is 1. The molecule has 4 heterocycles. The van der Waals surface area contributed by atoms with Crippen molar-refractivity contribution in [1.82, 2.24) is 44.8 Å². The molecule has 5 aromatic rings. The predicted octanol–water partition coefficient (Wildman–Crippen LogP) is 1.11. The fourth-order valence-electron chi connectivity index (χ4n) is 3.67. The molecule has 4 aromatic heterocycles. The Hall–Kier alpha value is -5.31. The van der Waals surface area contributed by atoms with Gasteiger partial charge in [0, 0.05) is 25.6 Å². The third kappa shape index (κ3) is 4.16. The van der Waals surface area contributed by atoms with Gasteiger partial charge in [-0.05, 0) is 25.0 Å². The lowest BCUT2D eigenvalue weighted by Crippen LogP contribution is -2.34. The maximum absolute atomic E-state index is 13.8. The molecule has 1 amide bonds. The molecular formula is C24H20N10O2. The van der Waals surface area contributed by atoms with Crippen molar-refractivity contribution >= 4 is 22.8 Å². The van der Waals surface area contributed by atoms with Gasteiger partial charge in [0.1, 0.15) is 11.2 Å². The van der Waals surface area contributed by atoms with E-state index in [4.69, 9.17) is 5.73 Å². The van der Waals surface area contributed by atoms with Crippen molar-refractivity contribution in [2.75, 3.05) is 5.73 Å². The Morgan fingerprint density at radius 3 is 2.67 bits per heavy atom. The average molecular weight is 480 g/mol. The van der Waals surface area contributed by atoms with Gasteiger partial charge in [0.15, 0.2) is 22.9 Å². The van der Waals surface area contributed by atoms with Crippen LogP contribution in [0.4, 0.5) is 5.82 Å². The SMILES string of the molecule is CC(NC(=O)c1nccnc1N)c1nc2[nH]nc(C#Cc3cnn(C)c3)c2c(=O)n1-c1ccccc1. The van der Waals surface area contributed by atoms with Gasteiger partial charge in [-0.25, -0.2) is 15.0 Å². The van der Waals surface area contributed by atoms with Gasteiger partial charge >= 0.3 is 0 Å². The number of fused-ring (bicyclic) bond motifs is 1. The van der Waals surface area contributed by atoms with E-state index in [9.17, 15) is 9.59 Å². The number of hydrogen-bond acceptors (Lipinski definition) is 8. The first-order valence-electron chi connectivity index (χ1n) is 10.9. The molecule has 0 aliphatic carbocycles. The number of rotatable bonds is 4. The maximum atomic E-state index is 13.8. The summed E-state index contributed by atoms with van der Waals surface area (Å²) in [5, 5.41) is 14.1. The quantitative estimate of drug-likeness (QED) is 0.322. The van der Waals surface area contributed by atoms with Gasteiger partial charge in [-0.15, -0.1) is 0 Å². The van der Waals surface area contributed by atoms with Crippen molar-refractivity contribution in [2.24, 2.45) is 7.05 Å². The summed E-state index contributed by atoms with van der Waals surface area (Å²) in [5.74, 6) is 5.62. The number of carbonyl (C=O) groups excluding carboxylic acids is 1. The van der Waals surface area contributed by atoms with Gasteiger partial charge in [-0.2, -0.15) is 10.2 Å². The zero-order valence-electron chi connectivity index (χ0n) is 19.3. The molecule has 0 spiro atoms. The third-order valence-corrected chi connectivity index (χ3v) is 5.34. The van der Waals surface area contributed by atoms with E-state index in [1.54, 1.807) is 55.3 Å². The monoisotopic (exact) mass is 480 g/mol. The second kappa shape index (κ2) is 9.15. The molecule has 0 saturated heterocycles. The van der Waals surface area contributed by atoms with Crippen LogP contribution in [0, 0.1) is 11.8 Å². The third-order valence-electron chi connectivity index (χ3n) is 5.34. The molecule has 1 aromatic carbocycles. The van der Waals surface area contributed by atoms with Crippen LogP contribution in [0.15, 0.2) is 59.9 Å². The van der Waals surface area contributed by atoms with Crippen LogP contribution in [0.25, 0.3) is 16.7 Å². The number of nitrogens with zero attached hydrogens (tertiary/aromatic N) is 7. The molecule has 0 fully saturated rings. The van der Waals surface area contributed by atoms with Crippen molar-refractivity contribution in [1.29, 1.82) is 0 Å². The van der Waals surface area contributed by atoms with Crippen LogP contribution in [0.2, 0.25) is 0 Å². The Kier molecular flexibility index (Phi) is 5.71. The number of H-pyrrole nitrogens is 1. The molecule has 4 N–H and O–H groups in total. The lowest BCUT2D eigenvalue weighted by molar-refractivity contribution is 0.0933. The summed E-state index contributed by atoms with van der Waals surface area (Å²) in [7, 11) is 1.79. The largest absolute Gasteiger partial charge is 0.382 e. The highest BCUT2D eigenvalue weighted by Gasteiger charge is 2.23. The second-order valence-electron chi connectivity index (χ2n) is 7.88. The highest BCUT2D eigenvalue weighted by Crippen LogP contribution is 2.19. The van der Waals surface area contributed by atoms with Crippen LogP contribution < -0.4 is 16.6 Å². The standard InChI is InChI=1S/C24H20N10O2/c1-14(29-23(35)19-20(25)27-11-10-26-19)22-30-21-18(24(36)34(22)16-6-4-3-5-7-16)17(31-32-21)9-8-15-12-28-33(2)13-15/h3-7,10-14H,1-2H3,(H2,25,27)(H,29,35)(H,31,32). The van der Waals surface area contributed by atoms with E-state index in [2.05, 4.69) is 47.4 Å². The predicted molar refractivity (Wildman–Crippen MR) is 131 cm³/mol. The van der Waals surface area contributed by atoms with Crippen molar-refractivity contribution in [3.05, 3.63) is 88.2 Å². The highest BCUT2D eigenvalue weighted by molar-refractivity contribution is 5.96. The molecule has 0 aliphatic heterocycles. The van der Waals surface area contributed by atoms with Gasteiger partial charge in [-0.3, -0.25) is 23.9 Å². The Bertz CT molecular complexity index is 1710. The summed E-state index contributed by atoms with van der Waals surface area (Å²) < 4.78 is 3.06. The Morgan fingerprint density at radius 2 is 1.94 bits per heavy atom. The highest BCUT2D eigenvalue weighted by atomic mass is 16.2. The summed E-state index contributed by atoms with van der Waals surface area (Å²) in [6, 6.07) is 8.29.